The van der Waals surface area contributed by atoms with Gasteiger partial charge in [0.1, 0.15) is 76.2 Å². The van der Waals surface area contributed by atoms with E-state index in [0.29, 0.717) is 78.8 Å². The molecule has 14 amide bonds. The number of nitrogens with two attached hydrogens (primary N) is 6. The van der Waals surface area contributed by atoms with Gasteiger partial charge >= 0.3 is 18.1 Å². The zero-order valence-electron chi connectivity index (χ0n) is 67.9. The van der Waals surface area contributed by atoms with Gasteiger partial charge in [-0.3, -0.25) is 76.9 Å². The number of benzene rings is 3. The van der Waals surface area contributed by atoms with Gasteiger partial charge in [-0.2, -0.15) is 0 Å². The predicted octanol–water partition coefficient (Wildman–Crippen LogP) is -1.21. The third kappa shape index (κ3) is 34.7. The molecule has 41 nitrogen and oxygen atoms in total. The zero-order valence-corrected chi connectivity index (χ0v) is 71.1. The Kier molecular flexibility index (Phi) is 41.9. The highest BCUT2D eigenvalue weighted by molar-refractivity contribution is 8.76. The van der Waals surface area contributed by atoms with Gasteiger partial charge in [0.15, 0.2) is 6.04 Å². The third-order valence-corrected chi connectivity index (χ3v) is 23.4. The molecule has 0 aliphatic carbocycles. The number of nitrogens with zero attached hydrogens (tertiary/aromatic N) is 2. The molecular formula is C78H107N19O22S4. The summed E-state index contributed by atoms with van der Waals surface area (Å²) in [6.45, 7) is 5.01. The van der Waals surface area contributed by atoms with Crippen molar-refractivity contribution in [3.63, 3.8) is 0 Å². The molecule has 0 saturated carbocycles. The molecule has 45 heteroatoms. The minimum atomic E-state index is -1.90. The second-order valence-corrected chi connectivity index (χ2v) is 33.9. The van der Waals surface area contributed by atoms with Crippen molar-refractivity contribution in [3.8, 4) is 5.75 Å². The number of carbonyl (C=O) groups excluding carboxylic acids is 15. The second kappa shape index (κ2) is 51.4. The van der Waals surface area contributed by atoms with Crippen molar-refractivity contribution in [2.45, 2.75) is 202 Å². The number of nitrogens with one attached hydrogen (secondary N) is 11. The van der Waals surface area contributed by atoms with Crippen LogP contribution in [0.15, 0.2) is 84.0 Å². The molecule has 0 bridgehead atoms. The molecule has 1 aliphatic rings. The lowest BCUT2D eigenvalue weighted by molar-refractivity contribution is -0.139. The van der Waals surface area contributed by atoms with Crippen LogP contribution < -0.4 is 92.3 Å². The fraction of sp³-hybridized carbons (Fsp3) is 0.500. The summed E-state index contributed by atoms with van der Waals surface area (Å²) in [5.41, 5.74) is 35.5. The Morgan fingerprint density at radius 2 is 1.07 bits per heavy atom. The normalized spacial score (nSPS) is 15.1. The van der Waals surface area contributed by atoms with E-state index in [2.05, 4.69) is 68.1 Å². The van der Waals surface area contributed by atoms with Gasteiger partial charge in [-0.05, 0) is 119 Å². The van der Waals surface area contributed by atoms with E-state index in [1.54, 1.807) is 86.6 Å². The number of ether oxygens (including phenoxy) is 2. The number of unbranched alkanes of at least 4 members (excludes halogenated alkanes) is 2. The van der Waals surface area contributed by atoms with Crippen molar-refractivity contribution >= 4 is 172 Å². The summed E-state index contributed by atoms with van der Waals surface area (Å²) in [6, 6.07) is 2.29. The summed E-state index contributed by atoms with van der Waals surface area (Å²) in [6.07, 6.45) is -4.66. The first-order valence-corrected chi connectivity index (χ1v) is 43.8. The maximum atomic E-state index is 14.8. The molecule has 123 heavy (non-hydrogen) atoms. The Labute approximate surface area is 722 Å². The van der Waals surface area contributed by atoms with E-state index in [4.69, 9.17) is 43.9 Å². The molecule has 5 aromatic rings. The van der Waals surface area contributed by atoms with E-state index in [-0.39, 0.29) is 82.7 Å². The van der Waals surface area contributed by atoms with Crippen molar-refractivity contribution in [3.05, 3.63) is 95.1 Å². The molecule has 26 N–H and O–H groups in total. The number of aromatic nitrogens is 2. The average Bonchev–Trinajstić information content (AvgIpc) is 1.65. The largest absolute Gasteiger partial charge is 0.513 e. The summed E-state index contributed by atoms with van der Waals surface area (Å²) < 4.78 is 11.3. The monoisotopic (exact) mass is 1790 g/mol. The van der Waals surface area contributed by atoms with Crippen LogP contribution in [0.25, 0.3) is 21.1 Å². The van der Waals surface area contributed by atoms with Crippen LogP contribution in [-0.4, -0.2) is 241 Å². The number of primary amides is 4. The number of H-pyrrole nitrogens is 1. The maximum absolute atomic E-state index is 14.8. The van der Waals surface area contributed by atoms with E-state index in [1.807, 2.05) is 0 Å². The van der Waals surface area contributed by atoms with E-state index >= 15 is 0 Å². The number of aliphatic hydroxyl groups is 1. The number of aromatic amines is 1. The van der Waals surface area contributed by atoms with Crippen LogP contribution in [0.4, 0.5) is 4.79 Å². The molecule has 670 valence electrons. The topological polar surface area (TPSA) is 687 Å². The molecule has 0 unspecified atom stereocenters. The molecule has 6 rings (SSSR count). The number of carboxylic acids is 2. The van der Waals surface area contributed by atoms with Crippen LogP contribution in [-0.2, 0) is 94.3 Å². The standard InChI is InChI=1S/C78H107N19O22S4/c1-40(2)32-53(91-66(106)48(18-9-11-27-79)86-62(102)26-31-122-121-30-13-29-118-78(117)119-44-20-21-47-58(35-44)123-76(95-47)75-96-57(39-120-75)77(115)116)70(110)92-54(33-42-14-5-4-6-15-42)71(111)94-56(37-61(83)101)72(112)87-49(19-10-12-28-80)67(107)88-50(22-24-59(81)99)68(108)89-51(23-25-63(103)104)69(109)93-55(34-43-38-85-46-17-8-7-16-45(43)46)73(113)97-64(41(3)98)74(114)90-52(65(84)105)36-60(82)100/h4-8,14-17,20-21,35,38,40-41,48-57,64,85,98H,9-13,18-19,22-34,36-37,39,79-80H2,1-3H3,(H2,81,99)(H2,82,100)(H2,83,101)(H2,84,105)(H,86,102)(H,87,112)(H,88,107)(H,89,108)(H,90,114)(H,91,106)(H,92,110)(H,93,109)(H,94,111)(H,97,113)(H,103,104)(H,115,116)/t41-,48+,49+,50+,51+,52+,53+,54+,55+,56+,57-,64+/m1/s1. The number of hydrogen-bond acceptors (Lipinski definition) is 28. The highest BCUT2D eigenvalue weighted by atomic mass is 33.1. The number of carboxylic acid groups (broad SMARTS) is 2. The average molecular weight is 1790 g/mol. The van der Waals surface area contributed by atoms with Crippen LogP contribution in [0.1, 0.15) is 133 Å². The summed E-state index contributed by atoms with van der Waals surface area (Å²) in [4.78, 5) is 241. The molecule has 12 atom stereocenters. The number of thioether (sulfide) groups is 1. The molecule has 0 radical (unpaired) electrons. The van der Waals surface area contributed by atoms with Gasteiger partial charge in [-0.15, -0.1) is 23.1 Å². The Balaban J connectivity index is 1.12. The SMILES string of the molecule is CC(C)C[C@H](NC(=O)[C@H](CCCCN)NC(=O)CCSSCCCOC(=O)Oc1ccc2nc(C3=N[C@@H](C(=O)O)CS3)sc2c1)C(=O)N[C@@H](Cc1ccccc1)C(=O)N[C@@H](CC(N)=O)C(=O)N[C@@H](CCCCN)C(=O)N[C@@H](CCC(N)=O)C(=O)N[C@@H](CCC(=O)O)C(=O)N[C@@H](Cc1c[nH]c2ccccc12)C(=O)N[C@H](C(=O)N[C@@H](CC(N)=O)C(N)=O)[C@@H](C)O. The van der Waals surface area contributed by atoms with Crippen LogP contribution in [0.3, 0.4) is 0 Å². The highest BCUT2D eigenvalue weighted by Crippen LogP contribution is 2.32. The van der Waals surface area contributed by atoms with E-state index in [0.717, 1.165) is 6.92 Å². The number of fused-ring (bicyclic) bond motifs is 2. The third-order valence-electron chi connectivity index (χ3n) is 18.7. The van der Waals surface area contributed by atoms with E-state index in [1.165, 1.54) is 50.9 Å². The Morgan fingerprint density at radius 1 is 0.545 bits per heavy atom. The molecule has 1 aliphatic heterocycles. The van der Waals surface area contributed by atoms with Crippen LogP contribution >= 0.6 is 44.7 Å². The predicted molar refractivity (Wildman–Crippen MR) is 457 cm³/mol. The minimum Gasteiger partial charge on any atom is -0.481 e. The highest BCUT2D eigenvalue weighted by Gasteiger charge is 2.39. The Morgan fingerprint density at radius 3 is 1.64 bits per heavy atom. The molecule has 2 aromatic heterocycles. The number of aliphatic hydroxyl groups excluding tert-OH is 1. The Hall–Kier alpha value is -11.5. The van der Waals surface area contributed by atoms with E-state index < -0.39 is 212 Å². The van der Waals surface area contributed by atoms with Crippen molar-refractivity contribution < 1.29 is 106 Å². The number of aliphatic imine (C=N–C) groups is 1. The van der Waals surface area contributed by atoms with Gasteiger partial charge in [0.25, 0.3) is 0 Å². The van der Waals surface area contributed by atoms with Crippen molar-refractivity contribution in [1.82, 2.24) is 63.1 Å². The number of rotatable bonds is 56. The lowest BCUT2D eigenvalue weighted by Gasteiger charge is -2.28. The van der Waals surface area contributed by atoms with Crippen LogP contribution in [0.5, 0.6) is 5.75 Å². The van der Waals surface area contributed by atoms with Crippen molar-refractivity contribution in [1.29, 1.82) is 0 Å². The number of carbonyl (C=O) groups is 17. The second-order valence-electron chi connectivity index (χ2n) is 29.2. The van der Waals surface area contributed by atoms with Gasteiger partial charge in [0.05, 0.1) is 35.8 Å². The van der Waals surface area contributed by atoms with Crippen molar-refractivity contribution in [2.75, 3.05) is 37.0 Å². The van der Waals surface area contributed by atoms with Gasteiger partial charge < -0.3 is 117 Å². The first-order chi connectivity index (χ1) is 58.5. The fourth-order valence-electron chi connectivity index (χ4n) is 12.4. The summed E-state index contributed by atoms with van der Waals surface area (Å²) in [5, 5.41) is 56.5. The quantitative estimate of drug-likeness (QED) is 0.00939. The number of para-hydroxylation sites is 1. The smallest absolute Gasteiger partial charge is 0.481 e. The first kappa shape index (κ1) is 100. The molecule has 3 heterocycles. The Bertz CT molecular complexity index is 4570. The maximum Gasteiger partial charge on any atom is 0.513 e. The van der Waals surface area contributed by atoms with Gasteiger partial charge in [-0.25, -0.2) is 14.6 Å². The fourth-order valence-corrected chi connectivity index (χ4v) is 16.5. The van der Waals surface area contributed by atoms with E-state index in [9.17, 15) is 96.8 Å². The van der Waals surface area contributed by atoms with Crippen LogP contribution in [0, 0.1) is 5.92 Å². The zero-order chi connectivity index (χ0) is 90.4. The number of thiazole rings is 1. The molecule has 0 spiro atoms. The number of amides is 14. The number of aliphatic carboxylic acids is 2. The molecule has 0 fully saturated rings. The first-order valence-electron chi connectivity index (χ1n) is 39.5. The summed E-state index contributed by atoms with van der Waals surface area (Å²) in [5.74, 6) is -16.1. The lowest BCUT2D eigenvalue weighted by atomic mass is 10.00. The molecule has 0 saturated heterocycles. The van der Waals surface area contributed by atoms with Gasteiger partial charge in [-0.1, -0.05) is 84.0 Å². The van der Waals surface area contributed by atoms with Crippen molar-refractivity contribution in [2.24, 2.45) is 45.3 Å². The molecule has 3 aromatic carbocycles. The summed E-state index contributed by atoms with van der Waals surface area (Å²) in [7, 11) is 2.79. The van der Waals surface area contributed by atoms with Gasteiger partial charge in [0.2, 0.25) is 82.7 Å². The molecular weight excluding hydrogens is 1680 g/mol. The van der Waals surface area contributed by atoms with Gasteiger partial charge in [0, 0.05) is 72.5 Å². The number of hydrogen-bond donors (Lipinski definition) is 20. The lowest BCUT2D eigenvalue weighted by Crippen LogP contribution is -2.62. The summed E-state index contributed by atoms with van der Waals surface area (Å²) >= 11 is 2.58. The van der Waals surface area contributed by atoms with Crippen LogP contribution in [0.2, 0.25) is 0 Å². The minimum absolute atomic E-state index is 0.00513.